The zero-order valence-electron chi connectivity index (χ0n) is 40.3. The molecule has 0 aromatic carbocycles. The number of halogens is 2. The third-order valence-electron chi connectivity index (χ3n) is 11.7. The van der Waals surface area contributed by atoms with Crippen molar-refractivity contribution in [2.24, 2.45) is 0 Å². The number of sulfone groups is 2. The molecule has 0 saturated carbocycles. The number of methoxy groups -OCH3 is 4. The van der Waals surface area contributed by atoms with Crippen molar-refractivity contribution < 1.29 is 54.7 Å². The minimum Gasteiger partial charge on any atom is -0.479 e. The quantitative estimate of drug-likeness (QED) is 0.119. The van der Waals surface area contributed by atoms with Crippen LogP contribution in [0.5, 0.6) is 23.5 Å². The molecule has 0 aliphatic carbocycles. The van der Waals surface area contributed by atoms with Crippen LogP contribution in [0.25, 0.3) is 11.4 Å². The van der Waals surface area contributed by atoms with Gasteiger partial charge in [0.2, 0.25) is 23.5 Å². The minimum absolute atomic E-state index is 0.113. The second-order valence-corrected chi connectivity index (χ2v) is 21.7. The summed E-state index contributed by atoms with van der Waals surface area (Å²) < 4.78 is 102. The van der Waals surface area contributed by atoms with Gasteiger partial charge in [0.1, 0.15) is 48.0 Å². The second kappa shape index (κ2) is 23.8. The van der Waals surface area contributed by atoms with Crippen LogP contribution < -0.4 is 18.9 Å². The Morgan fingerprint density at radius 3 is 1.17 bits per heavy atom. The molecule has 6 aromatic rings. The van der Waals surface area contributed by atoms with Crippen LogP contribution in [0.4, 0.5) is 0 Å². The number of ether oxygens (including phenoxy) is 8. The lowest BCUT2D eigenvalue weighted by Crippen LogP contribution is -2.28. The van der Waals surface area contributed by atoms with Gasteiger partial charge in [0.15, 0.2) is 54.3 Å². The Bertz CT molecular complexity index is 2750. The molecule has 2 fully saturated rings. The van der Waals surface area contributed by atoms with Crippen molar-refractivity contribution in [3.8, 4) is 34.9 Å². The van der Waals surface area contributed by atoms with E-state index < -0.39 is 65.7 Å². The third-order valence-corrected chi connectivity index (χ3v) is 16.5. The summed E-state index contributed by atoms with van der Waals surface area (Å²) in [6, 6.07) is 0. The average molecular weight is 1080 g/mol. The maximum atomic E-state index is 13.5. The highest BCUT2D eigenvalue weighted by Gasteiger charge is 2.37. The fourth-order valence-electron chi connectivity index (χ4n) is 7.48. The fraction of sp³-hybridized carbons (Fsp3) is 0.524. The molecule has 8 heterocycles. The molecular formula is C42H52Cl2N14O12S2. The Kier molecular flexibility index (Phi) is 17.8. The van der Waals surface area contributed by atoms with Gasteiger partial charge in [-0.15, -0.1) is 20.4 Å². The standard InChI is InChI=1S/2C21H26ClN7O6S/c2*1-12(18-23-7-14(22)8-24-18)13(2)36(30,31)10-16-27-28-19(15-9-34-5-6-35-15)29(16)17-20(32-3)25-11-26-21(17)33-4/h2*7-8,11-13,15H,5-6,9-10H2,1-4H3/t12-,13-,15+;12-,13-,15-/m00/s1. The van der Waals surface area contributed by atoms with Crippen molar-refractivity contribution in [1.29, 1.82) is 0 Å². The lowest BCUT2D eigenvalue weighted by molar-refractivity contribution is -0.0942. The predicted molar refractivity (Wildman–Crippen MR) is 254 cm³/mol. The Morgan fingerprint density at radius 2 is 0.875 bits per heavy atom. The summed E-state index contributed by atoms with van der Waals surface area (Å²) in [6.45, 7) is 8.69. The first-order valence-corrected chi connectivity index (χ1v) is 26.2. The summed E-state index contributed by atoms with van der Waals surface area (Å²) in [6.07, 6.45) is 7.08. The van der Waals surface area contributed by atoms with Gasteiger partial charge >= 0.3 is 0 Å². The lowest BCUT2D eigenvalue weighted by Gasteiger charge is -2.24. The average Bonchev–Trinajstić information content (AvgIpc) is 4.01. The van der Waals surface area contributed by atoms with E-state index in [1.54, 1.807) is 27.7 Å². The molecule has 26 nitrogen and oxygen atoms in total. The molecule has 8 rings (SSSR count). The second-order valence-electron chi connectivity index (χ2n) is 16.1. The molecule has 388 valence electrons. The van der Waals surface area contributed by atoms with Crippen molar-refractivity contribution >= 4 is 42.9 Å². The van der Waals surface area contributed by atoms with Crippen LogP contribution in [0.1, 0.15) is 86.7 Å². The summed E-state index contributed by atoms with van der Waals surface area (Å²) in [5, 5.41) is 16.0. The summed E-state index contributed by atoms with van der Waals surface area (Å²) in [5.74, 6) is 0.248. The van der Waals surface area contributed by atoms with Gasteiger partial charge < -0.3 is 37.9 Å². The van der Waals surface area contributed by atoms with Gasteiger partial charge in [0.05, 0.1) is 88.6 Å². The normalized spacial score (nSPS) is 18.0. The first-order valence-electron chi connectivity index (χ1n) is 22.0. The molecule has 0 amide bonds. The lowest BCUT2D eigenvalue weighted by atomic mass is 10.1. The van der Waals surface area contributed by atoms with E-state index in [4.69, 9.17) is 61.1 Å². The number of rotatable bonds is 18. The van der Waals surface area contributed by atoms with Gasteiger partial charge in [0.25, 0.3) is 0 Å². The van der Waals surface area contributed by atoms with E-state index in [0.29, 0.717) is 59.8 Å². The first kappa shape index (κ1) is 53.9. The predicted octanol–water partition coefficient (Wildman–Crippen LogP) is 3.43. The zero-order valence-corrected chi connectivity index (χ0v) is 43.5. The molecule has 0 spiro atoms. The van der Waals surface area contributed by atoms with Crippen LogP contribution in [0.2, 0.25) is 10.0 Å². The van der Waals surface area contributed by atoms with E-state index >= 15 is 0 Å². The van der Waals surface area contributed by atoms with Crippen molar-refractivity contribution in [1.82, 2.24) is 69.4 Å². The van der Waals surface area contributed by atoms with Crippen molar-refractivity contribution in [2.45, 2.75) is 73.7 Å². The molecule has 72 heavy (non-hydrogen) atoms. The Hall–Kier alpha value is -5.88. The Morgan fingerprint density at radius 1 is 0.542 bits per heavy atom. The largest absolute Gasteiger partial charge is 0.479 e. The number of aromatic nitrogens is 14. The first-order chi connectivity index (χ1) is 34.5. The molecule has 6 aromatic heterocycles. The Labute approximate surface area is 424 Å². The van der Waals surface area contributed by atoms with Crippen molar-refractivity contribution in [3.05, 3.63) is 82.4 Å². The van der Waals surface area contributed by atoms with E-state index in [9.17, 15) is 16.8 Å². The van der Waals surface area contributed by atoms with Crippen LogP contribution >= 0.6 is 23.2 Å². The van der Waals surface area contributed by atoms with Crippen LogP contribution in [0.15, 0.2) is 37.4 Å². The zero-order chi connectivity index (χ0) is 51.7. The molecule has 2 aliphatic heterocycles. The molecule has 0 radical (unpaired) electrons. The highest BCUT2D eigenvalue weighted by molar-refractivity contribution is 7.91. The smallest absolute Gasteiger partial charge is 0.245 e. The van der Waals surface area contributed by atoms with E-state index in [1.165, 1.54) is 75.0 Å². The summed E-state index contributed by atoms with van der Waals surface area (Å²) >= 11 is 11.7. The summed E-state index contributed by atoms with van der Waals surface area (Å²) in [7, 11) is -1.85. The summed E-state index contributed by atoms with van der Waals surface area (Å²) in [5.41, 5.74) is 0.507. The topological polar surface area (TPSA) is 307 Å². The van der Waals surface area contributed by atoms with E-state index in [-0.39, 0.29) is 59.8 Å². The molecule has 6 atom stereocenters. The van der Waals surface area contributed by atoms with Gasteiger partial charge in [0, 0.05) is 36.6 Å². The maximum absolute atomic E-state index is 13.5. The van der Waals surface area contributed by atoms with E-state index in [0.717, 1.165) is 0 Å². The molecule has 0 bridgehead atoms. The molecule has 2 saturated heterocycles. The third kappa shape index (κ3) is 12.0. The minimum atomic E-state index is -3.79. The van der Waals surface area contributed by atoms with Gasteiger partial charge in [-0.1, -0.05) is 37.0 Å². The highest BCUT2D eigenvalue weighted by atomic mass is 35.5. The molecule has 2 aliphatic rings. The molecule has 30 heteroatoms. The number of hydrogen-bond acceptors (Lipinski definition) is 24. The van der Waals surface area contributed by atoms with Crippen LogP contribution in [0.3, 0.4) is 0 Å². The SMILES string of the molecule is COc1ncnc(OC)c1-n1c(CS(=O)(=O)[C@@H](C)[C@H](C)c2ncc(Cl)cn2)nnc1[C@@H]1COCCO1.COc1ncnc(OC)c1-n1c(CS(=O)(=O)[C@@H](C)[C@H](C)c2ncc(Cl)cn2)nnc1[C@H]1COCCO1. The molecular weight excluding hydrogens is 1030 g/mol. The van der Waals surface area contributed by atoms with Crippen molar-refractivity contribution in [2.75, 3.05) is 68.1 Å². The summed E-state index contributed by atoms with van der Waals surface area (Å²) in [4.78, 5) is 33.3. The van der Waals surface area contributed by atoms with Gasteiger partial charge in [-0.3, -0.25) is 9.13 Å². The number of nitrogens with zero attached hydrogens (tertiary/aromatic N) is 14. The van der Waals surface area contributed by atoms with E-state index in [2.05, 4.69) is 60.3 Å². The van der Waals surface area contributed by atoms with Gasteiger partial charge in [-0.2, -0.15) is 19.9 Å². The molecule has 0 N–H and O–H groups in total. The van der Waals surface area contributed by atoms with Crippen LogP contribution in [-0.4, -0.2) is 165 Å². The fourth-order valence-corrected chi connectivity index (χ4v) is 10.8. The molecule has 0 unspecified atom stereocenters. The highest BCUT2D eigenvalue weighted by Crippen LogP contribution is 2.37. The van der Waals surface area contributed by atoms with E-state index in [1.807, 2.05) is 0 Å². The van der Waals surface area contributed by atoms with Gasteiger partial charge in [-0.05, 0) is 13.8 Å². The van der Waals surface area contributed by atoms with Gasteiger partial charge in [-0.25, -0.2) is 36.8 Å². The van der Waals surface area contributed by atoms with Crippen LogP contribution in [0, 0.1) is 0 Å². The monoisotopic (exact) mass is 1080 g/mol. The van der Waals surface area contributed by atoms with Crippen LogP contribution in [-0.2, 0) is 50.1 Å². The Balaban J connectivity index is 0.000000211. The van der Waals surface area contributed by atoms with Crippen molar-refractivity contribution in [3.63, 3.8) is 0 Å². The number of hydrogen-bond donors (Lipinski definition) is 0. The maximum Gasteiger partial charge on any atom is 0.245 e.